The molecule has 0 aromatic heterocycles. The number of rotatable bonds is 4. The van der Waals surface area contributed by atoms with Gasteiger partial charge >= 0.3 is 5.97 Å². The third-order valence-corrected chi connectivity index (χ3v) is 2.83. The summed E-state index contributed by atoms with van der Waals surface area (Å²) in [6.07, 6.45) is 3.80. The summed E-state index contributed by atoms with van der Waals surface area (Å²) in [5, 5.41) is 0. The lowest BCUT2D eigenvalue weighted by Gasteiger charge is -2.08. The molecular weight excluding hydrogens is 232 g/mol. The minimum absolute atomic E-state index is 0.340. The van der Waals surface area contributed by atoms with Crippen molar-refractivity contribution in [3.8, 4) is 11.5 Å². The Bertz CT molecular complexity index is 503. The zero-order valence-corrected chi connectivity index (χ0v) is 10.8. The molecule has 1 heterocycles. The van der Waals surface area contributed by atoms with Crippen LogP contribution in [0.25, 0.3) is 5.76 Å². The Morgan fingerprint density at radius 2 is 1.78 bits per heavy atom. The fourth-order valence-corrected chi connectivity index (χ4v) is 1.89. The van der Waals surface area contributed by atoms with Crippen LogP contribution in [0.2, 0.25) is 0 Å². The highest BCUT2D eigenvalue weighted by Crippen LogP contribution is 2.38. The second-order valence-corrected chi connectivity index (χ2v) is 4.00. The normalized spacial score (nSPS) is 15.5. The van der Waals surface area contributed by atoms with E-state index in [4.69, 9.17) is 14.2 Å². The smallest absolute Gasteiger partial charge is 0.344 e. The van der Waals surface area contributed by atoms with Crippen LogP contribution in [0, 0.1) is 0 Å². The lowest BCUT2D eigenvalue weighted by Crippen LogP contribution is -1.96. The fraction of sp³-hybridized carbons (Fsp3) is 0.357. The molecular formula is C14H16O4. The number of allylic oxidation sites excluding steroid dienone is 1. The van der Waals surface area contributed by atoms with Crippen molar-refractivity contribution in [3.05, 3.63) is 29.3 Å². The quantitative estimate of drug-likeness (QED) is 0.768. The topological polar surface area (TPSA) is 44.8 Å². The number of ether oxygens (including phenoxy) is 3. The molecule has 1 aromatic carbocycles. The predicted octanol–water partition coefficient (Wildman–Crippen LogP) is 3.02. The summed E-state index contributed by atoms with van der Waals surface area (Å²) in [7, 11) is 3.11. The first-order valence-corrected chi connectivity index (χ1v) is 5.90. The van der Waals surface area contributed by atoms with Crippen molar-refractivity contribution in [2.45, 2.75) is 19.8 Å². The van der Waals surface area contributed by atoms with Gasteiger partial charge in [0, 0.05) is 5.56 Å². The van der Waals surface area contributed by atoms with Crippen molar-refractivity contribution in [3.63, 3.8) is 0 Å². The van der Waals surface area contributed by atoms with Crippen LogP contribution in [0.3, 0.4) is 0 Å². The molecule has 0 bridgehead atoms. The third kappa shape index (κ3) is 2.06. The third-order valence-electron chi connectivity index (χ3n) is 2.83. The van der Waals surface area contributed by atoms with Crippen molar-refractivity contribution in [1.29, 1.82) is 0 Å². The average molecular weight is 248 g/mol. The number of benzene rings is 1. The number of unbranched alkanes of at least 4 members (excludes halogenated alkanes) is 1. The van der Waals surface area contributed by atoms with E-state index in [2.05, 4.69) is 6.92 Å². The van der Waals surface area contributed by atoms with Gasteiger partial charge < -0.3 is 14.2 Å². The molecule has 0 aliphatic carbocycles. The Hall–Kier alpha value is -1.97. The molecule has 1 aromatic rings. The first kappa shape index (κ1) is 12.5. The van der Waals surface area contributed by atoms with Gasteiger partial charge in [0.25, 0.3) is 0 Å². The molecule has 0 amide bonds. The van der Waals surface area contributed by atoms with Crippen LogP contribution in [0.5, 0.6) is 11.5 Å². The molecule has 18 heavy (non-hydrogen) atoms. The number of cyclic esters (lactones) is 1. The molecule has 96 valence electrons. The second kappa shape index (κ2) is 5.12. The fourth-order valence-electron chi connectivity index (χ4n) is 1.89. The Balaban J connectivity index is 2.50. The molecule has 0 atom stereocenters. The monoisotopic (exact) mass is 248 g/mol. The number of carbonyl (C=O) groups excluding carboxylic acids is 1. The van der Waals surface area contributed by atoms with Gasteiger partial charge in [-0.2, -0.15) is 0 Å². The number of esters is 1. The molecule has 2 rings (SSSR count). The van der Waals surface area contributed by atoms with E-state index in [1.165, 1.54) is 0 Å². The van der Waals surface area contributed by atoms with E-state index in [1.807, 2.05) is 6.08 Å². The van der Waals surface area contributed by atoms with Crippen LogP contribution in [-0.4, -0.2) is 20.2 Å². The van der Waals surface area contributed by atoms with Crippen molar-refractivity contribution in [2.24, 2.45) is 0 Å². The Morgan fingerprint density at radius 1 is 1.17 bits per heavy atom. The standard InChI is InChI=1S/C14H16O4/c1-4-5-6-11-9-7-12(16-2)13(17-3)8-10(9)14(15)18-11/h6-8H,4-5H2,1-3H3/b11-6-. The highest BCUT2D eigenvalue weighted by Gasteiger charge is 2.28. The molecule has 0 radical (unpaired) electrons. The van der Waals surface area contributed by atoms with E-state index in [0.29, 0.717) is 22.8 Å². The van der Waals surface area contributed by atoms with Crippen molar-refractivity contribution >= 4 is 11.7 Å². The van der Waals surface area contributed by atoms with Crippen molar-refractivity contribution in [2.75, 3.05) is 14.2 Å². The summed E-state index contributed by atoms with van der Waals surface area (Å²) in [6.45, 7) is 2.07. The minimum Gasteiger partial charge on any atom is -0.493 e. The number of carbonyl (C=O) groups is 1. The molecule has 0 fully saturated rings. The van der Waals surface area contributed by atoms with Crippen LogP contribution in [0.4, 0.5) is 0 Å². The van der Waals surface area contributed by atoms with E-state index < -0.39 is 0 Å². The zero-order chi connectivity index (χ0) is 13.1. The molecule has 0 N–H and O–H groups in total. The van der Waals surface area contributed by atoms with E-state index in [-0.39, 0.29) is 5.97 Å². The number of hydrogen-bond acceptors (Lipinski definition) is 4. The maximum Gasteiger partial charge on any atom is 0.344 e. The Kier molecular flexibility index (Phi) is 3.55. The van der Waals surface area contributed by atoms with Crippen LogP contribution < -0.4 is 9.47 Å². The van der Waals surface area contributed by atoms with Crippen molar-refractivity contribution in [1.82, 2.24) is 0 Å². The SMILES string of the molecule is CCC/C=C1\OC(=O)c2cc(OC)c(OC)cc21. The Morgan fingerprint density at radius 3 is 2.33 bits per heavy atom. The maximum absolute atomic E-state index is 11.7. The van der Waals surface area contributed by atoms with Gasteiger partial charge in [-0.1, -0.05) is 13.3 Å². The number of methoxy groups -OCH3 is 2. The van der Waals surface area contributed by atoms with Gasteiger partial charge in [0.1, 0.15) is 5.76 Å². The molecule has 1 aliphatic rings. The first-order chi connectivity index (χ1) is 8.71. The molecule has 4 nitrogen and oxygen atoms in total. The summed E-state index contributed by atoms with van der Waals surface area (Å²) in [5.41, 5.74) is 1.29. The molecule has 0 saturated heterocycles. The van der Waals surface area contributed by atoms with Gasteiger partial charge in [0.05, 0.1) is 19.8 Å². The zero-order valence-electron chi connectivity index (χ0n) is 10.8. The summed E-state index contributed by atoms with van der Waals surface area (Å²) in [4.78, 5) is 11.7. The Labute approximate surface area is 106 Å². The summed E-state index contributed by atoms with van der Waals surface area (Å²) in [5.74, 6) is 1.40. The van der Waals surface area contributed by atoms with Gasteiger partial charge in [0.15, 0.2) is 11.5 Å². The number of fused-ring (bicyclic) bond motifs is 1. The summed E-state index contributed by atoms with van der Waals surface area (Å²) in [6, 6.07) is 3.43. The maximum atomic E-state index is 11.7. The minimum atomic E-state index is -0.340. The first-order valence-electron chi connectivity index (χ1n) is 5.90. The van der Waals surface area contributed by atoms with E-state index >= 15 is 0 Å². The molecule has 1 aliphatic heterocycles. The second-order valence-electron chi connectivity index (χ2n) is 4.00. The van der Waals surface area contributed by atoms with Gasteiger partial charge in [-0.25, -0.2) is 4.79 Å². The summed E-state index contributed by atoms with van der Waals surface area (Å²) < 4.78 is 15.6. The lowest BCUT2D eigenvalue weighted by molar-refractivity contribution is 0.0715. The van der Waals surface area contributed by atoms with E-state index in [9.17, 15) is 4.79 Å². The molecule has 0 spiro atoms. The van der Waals surface area contributed by atoms with E-state index in [1.54, 1.807) is 26.4 Å². The van der Waals surface area contributed by atoms with Crippen molar-refractivity contribution < 1.29 is 19.0 Å². The molecule has 0 unspecified atom stereocenters. The van der Waals surface area contributed by atoms with Gasteiger partial charge in [-0.05, 0) is 24.6 Å². The lowest BCUT2D eigenvalue weighted by atomic mass is 10.1. The molecule has 0 saturated carbocycles. The predicted molar refractivity (Wildman–Crippen MR) is 67.8 cm³/mol. The van der Waals surface area contributed by atoms with Crippen LogP contribution >= 0.6 is 0 Å². The number of hydrogen-bond donors (Lipinski definition) is 0. The average Bonchev–Trinajstić information content (AvgIpc) is 2.71. The van der Waals surface area contributed by atoms with E-state index in [0.717, 1.165) is 18.4 Å². The summed E-state index contributed by atoms with van der Waals surface area (Å²) >= 11 is 0. The van der Waals surface area contributed by atoms with Crippen LogP contribution in [0.15, 0.2) is 18.2 Å². The van der Waals surface area contributed by atoms with Crippen LogP contribution in [-0.2, 0) is 4.74 Å². The molecule has 4 heteroatoms. The van der Waals surface area contributed by atoms with Gasteiger partial charge in [0.2, 0.25) is 0 Å². The van der Waals surface area contributed by atoms with Crippen LogP contribution in [0.1, 0.15) is 35.7 Å². The highest BCUT2D eigenvalue weighted by molar-refractivity contribution is 6.03. The van der Waals surface area contributed by atoms with Gasteiger partial charge in [-0.3, -0.25) is 0 Å². The van der Waals surface area contributed by atoms with Gasteiger partial charge in [-0.15, -0.1) is 0 Å². The largest absolute Gasteiger partial charge is 0.493 e. The highest BCUT2D eigenvalue weighted by atomic mass is 16.5.